The molecule has 24 heavy (non-hydrogen) atoms. The van der Waals surface area contributed by atoms with Gasteiger partial charge in [0, 0.05) is 19.6 Å². The second-order valence-electron chi connectivity index (χ2n) is 6.26. The number of aliphatic hydroxyl groups excluding tert-OH is 1. The number of rotatable bonds is 2. The van der Waals surface area contributed by atoms with Gasteiger partial charge in [-0.05, 0) is 42.4 Å². The highest BCUT2D eigenvalue weighted by Gasteiger charge is 2.40. The molecule has 1 saturated heterocycles. The van der Waals surface area contributed by atoms with E-state index in [1.807, 2.05) is 0 Å². The molecule has 134 valence electrons. The van der Waals surface area contributed by atoms with E-state index in [2.05, 4.69) is 4.90 Å². The van der Waals surface area contributed by atoms with Gasteiger partial charge in [-0.3, -0.25) is 9.69 Å². The first kappa shape index (κ1) is 18.7. The summed E-state index contributed by atoms with van der Waals surface area (Å²) in [6, 6.07) is 3.20. The highest BCUT2D eigenvalue weighted by Crippen LogP contribution is 2.39. The molecule has 4 nitrogen and oxygen atoms in total. The summed E-state index contributed by atoms with van der Waals surface area (Å²) in [4.78, 5) is 10.5. The van der Waals surface area contributed by atoms with Crippen LogP contribution in [0.25, 0.3) is 0 Å². The van der Waals surface area contributed by atoms with E-state index in [1.54, 1.807) is 0 Å². The Morgan fingerprint density at radius 1 is 1.21 bits per heavy atom. The van der Waals surface area contributed by atoms with Crippen molar-refractivity contribution in [1.82, 2.24) is 4.90 Å². The molecule has 1 aliphatic heterocycles. The van der Waals surface area contributed by atoms with Gasteiger partial charge in [-0.1, -0.05) is 6.07 Å². The first-order chi connectivity index (χ1) is 11.2. The van der Waals surface area contributed by atoms with Crippen molar-refractivity contribution in [3.8, 4) is 0 Å². The summed E-state index contributed by atoms with van der Waals surface area (Å²) in [6.45, 7) is 1.73. The molecule has 0 amide bonds. The molecule has 1 unspecified atom stereocenters. The molecule has 1 aromatic rings. The molecular formula is C16H19F4NO3. The SMILES string of the molecule is O=CO.OC1C[C@@H]2CN(Cc3ccc(F)c(C(F)(F)F)c3)C[C@@H]2C1. The molecule has 1 aliphatic carbocycles. The molecule has 0 spiro atoms. The van der Waals surface area contributed by atoms with E-state index in [4.69, 9.17) is 9.90 Å². The zero-order valence-corrected chi connectivity index (χ0v) is 12.8. The van der Waals surface area contributed by atoms with Crippen LogP contribution >= 0.6 is 0 Å². The number of nitrogens with zero attached hydrogens (tertiary/aromatic N) is 1. The fraction of sp³-hybridized carbons (Fsp3) is 0.562. The van der Waals surface area contributed by atoms with Crippen molar-refractivity contribution in [3.05, 3.63) is 35.1 Å². The third kappa shape index (κ3) is 4.45. The Bertz CT molecular complexity index is 565. The van der Waals surface area contributed by atoms with Crippen LogP contribution in [0.1, 0.15) is 24.0 Å². The van der Waals surface area contributed by atoms with Crippen molar-refractivity contribution in [1.29, 1.82) is 0 Å². The number of aliphatic hydroxyl groups is 1. The number of carboxylic acid groups (broad SMARTS) is 1. The first-order valence-corrected chi connectivity index (χ1v) is 7.58. The zero-order chi connectivity index (χ0) is 17.9. The number of likely N-dealkylation sites (tertiary alicyclic amines) is 1. The van der Waals surface area contributed by atoms with Gasteiger partial charge in [-0.25, -0.2) is 4.39 Å². The smallest absolute Gasteiger partial charge is 0.419 e. The van der Waals surface area contributed by atoms with Gasteiger partial charge in [0.1, 0.15) is 5.82 Å². The lowest BCUT2D eigenvalue weighted by Gasteiger charge is -2.18. The van der Waals surface area contributed by atoms with Crippen LogP contribution in [0.4, 0.5) is 17.6 Å². The molecule has 2 N–H and O–H groups in total. The monoisotopic (exact) mass is 349 g/mol. The van der Waals surface area contributed by atoms with Crippen molar-refractivity contribution < 1.29 is 32.6 Å². The Kier molecular flexibility index (Phi) is 5.82. The van der Waals surface area contributed by atoms with Crippen LogP contribution in [-0.2, 0) is 17.5 Å². The second-order valence-corrected chi connectivity index (χ2v) is 6.26. The normalized spacial score (nSPS) is 26.6. The summed E-state index contributed by atoms with van der Waals surface area (Å²) in [5.41, 5.74) is -0.723. The molecule has 1 saturated carbocycles. The van der Waals surface area contributed by atoms with Crippen LogP contribution in [0.15, 0.2) is 18.2 Å². The van der Waals surface area contributed by atoms with E-state index in [1.165, 1.54) is 6.07 Å². The van der Waals surface area contributed by atoms with Gasteiger partial charge in [-0.15, -0.1) is 0 Å². The summed E-state index contributed by atoms with van der Waals surface area (Å²) in [5, 5.41) is 16.5. The number of hydrogen-bond acceptors (Lipinski definition) is 3. The number of alkyl halides is 3. The summed E-state index contributed by atoms with van der Waals surface area (Å²) >= 11 is 0. The highest BCUT2D eigenvalue weighted by atomic mass is 19.4. The second kappa shape index (κ2) is 7.48. The molecule has 0 radical (unpaired) electrons. The van der Waals surface area contributed by atoms with Gasteiger partial charge in [0.25, 0.3) is 6.47 Å². The fourth-order valence-electron chi connectivity index (χ4n) is 3.64. The average molecular weight is 349 g/mol. The maximum Gasteiger partial charge on any atom is 0.419 e. The van der Waals surface area contributed by atoms with E-state index < -0.39 is 17.6 Å². The molecule has 0 bridgehead atoms. The van der Waals surface area contributed by atoms with Crippen molar-refractivity contribution >= 4 is 6.47 Å². The standard InChI is InChI=1S/C15H17F4NO.CH2O2/c16-14-2-1-9(3-13(14)15(17,18)19)6-20-7-10-4-12(21)5-11(10)8-20;2-1-3/h1-3,10-12,21H,4-8H2;1H,(H,2,3)/t10-,11+,12?;. The van der Waals surface area contributed by atoms with E-state index in [0.29, 0.717) is 23.9 Å². The highest BCUT2D eigenvalue weighted by molar-refractivity contribution is 5.32. The van der Waals surface area contributed by atoms with Crippen molar-refractivity contribution in [2.75, 3.05) is 13.1 Å². The molecule has 3 rings (SSSR count). The van der Waals surface area contributed by atoms with Crippen molar-refractivity contribution in [2.24, 2.45) is 11.8 Å². The maximum absolute atomic E-state index is 13.2. The summed E-state index contributed by atoms with van der Waals surface area (Å²) in [7, 11) is 0. The lowest BCUT2D eigenvalue weighted by atomic mass is 10.0. The predicted octanol–water partition coefficient (Wildman–Crippen LogP) is 2.75. The van der Waals surface area contributed by atoms with Crippen LogP contribution in [-0.4, -0.2) is 40.8 Å². The van der Waals surface area contributed by atoms with Crippen LogP contribution in [0.2, 0.25) is 0 Å². The van der Waals surface area contributed by atoms with Crippen LogP contribution in [0, 0.1) is 17.7 Å². The van der Waals surface area contributed by atoms with E-state index in [-0.39, 0.29) is 12.6 Å². The molecule has 2 fully saturated rings. The number of benzene rings is 1. The largest absolute Gasteiger partial charge is 0.483 e. The first-order valence-electron chi connectivity index (χ1n) is 7.58. The third-order valence-electron chi connectivity index (χ3n) is 4.54. The average Bonchev–Trinajstić information content (AvgIpc) is 2.97. The lowest BCUT2D eigenvalue weighted by molar-refractivity contribution is -0.140. The van der Waals surface area contributed by atoms with E-state index in [9.17, 15) is 22.7 Å². The number of hydrogen-bond donors (Lipinski definition) is 2. The molecule has 0 aromatic heterocycles. The third-order valence-corrected chi connectivity index (χ3v) is 4.54. The van der Waals surface area contributed by atoms with Crippen LogP contribution < -0.4 is 0 Å². The zero-order valence-electron chi connectivity index (χ0n) is 12.8. The van der Waals surface area contributed by atoms with Gasteiger partial charge >= 0.3 is 6.18 Å². The van der Waals surface area contributed by atoms with Crippen LogP contribution in [0.5, 0.6) is 0 Å². The maximum atomic E-state index is 13.2. The molecule has 3 atom stereocenters. The minimum absolute atomic E-state index is 0.232. The van der Waals surface area contributed by atoms with Gasteiger partial charge in [0.15, 0.2) is 0 Å². The number of fused-ring (bicyclic) bond motifs is 1. The molecular weight excluding hydrogens is 330 g/mol. The predicted molar refractivity (Wildman–Crippen MR) is 77.6 cm³/mol. The Balaban J connectivity index is 0.000000647. The lowest BCUT2D eigenvalue weighted by Crippen LogP contribution is -2.23. The summed E-state index contributed by atoms with van der Waals surface area (Å²) < 4.78 is 51.3. The Hall–Kier alpha value is -1.67. The van der Waals surface area contributed by atoms with Gasteiger partial charge < -0.3 is 10.2 Å². The van der Waals surface area contributed by atoms with Crippen molar-refractivity contribution in [2.45, 2.75) is 31.7 Å². The topological polar surface area (TPSA) is 60.8 Å². The van der Waals surface area contributed by atoms with Gasteiger partial charge in [-0.2, -0.15) is 13.2 Å². The summed E-state index contributed by atoms with van der Waals surface area (Å²) in [6.07, 6.45) is -3.34. The van der Waals surface area contributed by atoms with E-state index in [0.717, 1.165) is 38.1 Å². The van der Waals surface area contributed by atoms with Crippen molar-refractivity contribution in [3.63, 3.8) is 0 Å². The fourth-order valence-corrected chi connectivity index (χ4v) is 3.64. The van der Waals surface area contributed by atoms with Crippen LogP contribution in [0.3, 0.4) is 0 Å². The minimum Gasteiger partial charge on any atom is -0.483 e. The molecule has 8 heteroatoms. The Morgan fingerprint density at radius 2 is 1.75 bits per heavy atom. The quantitative estimate of drug-likeness (QED) is 0.637. The molecule has 2 aliphatic rings. The Morgan fingerprint density at radius 3 is 2.25 bits per heavy atom. The molecule has 1 aromatic carbocycles. The van der Waals surface area contributed by atoms with Gasteiger partial charge in [0.05, 0.1) is 11.7 Å². The molecule has 1 heterocycles. The summed E-state index contributed by atoms with van der Waals surface area (Å²) in [5.74, 6) is -0.363. The Labute approximate surface area is 136 Å². The van der Waals surface area contributed by atoms with Gasteiger partial charge in [0.2, 0.25) is 0 Å². The number of carbonyl (C=O) groups is 1. The minimum atomic E-state index is -4.66. The number of halogens is 4. The van der Waals surface area contributed by atoms with E-state index >= 15 is 0 Å².